The van der Waals surface area contributed by atoms with Crippen molar-refractivity contribution in [3.05, 3.63) is 24.3 Å². The Balaban J connectivity index is 1.65. The van der Waals surface area contributed by atoms with Crippen molar-refractivity contribution in [2.75, 3.05) is 0 Å². The molecule has 1 aliphatic heterocycles. The molecule has 8 heteroatoms. The van der Waals surface area contributed by atoms with E-state index < -0.39 is 34.2 Å². The van der Waals surface area contributed by atoms with E-state index in [1.54, 1.807) is 0 Å². The normalized spacial score (nSPS) is 45.5. The fourth-order valence-electron chi connectivity index (χ4n) is 8.08. The van der Waals surface area contributed by atoms with Gasteiger partial charge < -0.3 is 16.5 Å². The van der Waals surface area contributed by atoms with Crippen LogP contribution in [0, 0.1) is 23.7 Å². The molecule has 0 radical (unpaired) electrons. The van der Waals surface area contributed by atoms with Gasteiger partial charge in [-0.1, -0.05) is 24.3 Å². The fourth-order valence-corrected chi connectivity index (χ4v) is 31.7. The summed E-state index contributed by atoms with van der Waals surface area (Å²) in [6.45, 7) is 22.6. The molecule has 30 heavy (non-hydrogen) atoms. The zero-order valence-corrected chi connectivity index (χ0v) is 23.8. The van der Waals surface area contributed by atoms with Crippen LogP contribution in [-0.4, -0.2) is 34.2 Å². The van der Waals surface area contributed by atoms with Gasteiger partial charge in [-0.05, 0) is 101 Å². The van der Waals surface area contributed by atoms with Crippen LogP contribution in [0.2, 0.25) is 50.4 Å². The van der Waals surface area contributed by atoms with Crippen LogP contribution in [0.25, 0.3) is 0 Å². The Bertz CT molecular complexity index is 717. The van der Waals surface area contributed by atoms with Gasteiger partial charge in [0, 0.05) is 11.1 Å². The highest BCUT2D eigenvalue weighted by Gasteiger charge is 2.69. The van der Waals surface area contributed by atoms with E-state index in [4.69, 9.17) is 16.5 Å². The van der Waals surface area contributed by atoms with Crippen molar-refractivity contribution in [2.24, 2.45) is 23.7 Å². The zero-order valence-electron chi connectivity index (χ0n) is 19.8. The van der Waals surface area contributed by atoms with Crippen molar-refractivity contribution in [2.45, 2.75) is 88.9 Å². The van der Waals surface area contributed by atoms with Crippen LogP contribution >= 0.6 is 0 Å². The van der Waals surface area contributed by atoms with Gasteiger partial charge in [-0.3, -0.25) is 0 Å². The van der Waals surface area contributed by atoms with Gasteiger partial charge in [0.15, 0.2) is 0 Å². The van der Waals surface area contributed by atoms with Crippen molar-refractivity contribution in [1.29, 1.82) is 0 Å². The standard InChI is InChI=1S/C22H40O4Si4/c1-15-17-9-11-19(13-17)21(15)30(22-16(2)18-10-12-20(22)14-18)25-28(5,6)23-27(3,4)24-29(7,8)26-30/h17-22H,1-2,9-14H2,3-8H3. The molecular formula is C22H40O4Si4. The van der Waals surface area contributed by atoms with Crippen LogP contribution in [0.5, 0.6) is 0 Å². The van der Waals surface area contributed by atoms with E-state index in [1.807, 2.05) is 0 Å². The second-order valence-electron chi connectivity index (χ2n) is 12.0. The van der Waals surface area contributed by atoms with Crippen molar-refractivity contribution in [3.8, 4) is 0 Å². The van der Waals surface area contributed by atoms with Crippen LogP contribution in [0.3, 0.4) is 0 Å². The quantitative estimate of drug-likeness (QED) is 0.342. The third-order valence-corrected chi connectivity index (χ3v) is 26.2. The van der Waals surface area contributed by atoms with E-state index in [0.29, 0.717) is 34.8 Å². The molecule has 1 saturated heterocycles. The second kappa shape index (κ2) is 6.85. The lowest BCUT2D eigenvalue weighted by Crippen LogP contribution is -2.69. The summed E-state index contributed by atoms with van der Waals surface area (Å²) in [5.74, 6) is 2.66. The molecule has 0 amide bonds. The van der Waals surface area contributed by atoms with Gasteiger partial charge in [-0.2, -0.15) is 0 Å². The number of allylic oxidation sites excluding steroid dienone is 2. The minimum atomic E-state index is -2.77. The first-order valence-corrected chi connectivity index (χ1v) is 22.4. The molecule has 4 saturated carbocycles. The number of hydrogen-bond donors (Lipinski definition) is 0. The molecule has 0 N–H and O–H groups in total. The molecule has 0 spiro atoms. The number of hydrogen-bond acceptors (Lipinski definition) is 4. The summed E-state index contributed by atoms with van der Waals surface area (Å²) in [5.41, 5.74) is 3.62. The van der Waals surface area contributed by atoms with Gasteiger partial charge in [0.2, 0.25) is 0 Å². The maximum atomic E-state index is 7.45. The molecule has 6 unspecified atom stereocenters. The Morgan fingerprint density at radius 3 is 1.30 bits per heavy atom. The van der Waals surface area contributed by atoms with Crippen molar-refractivity contribution < 1.29 is 16.5 Å². The van der Waals surface area contributed by atoms with E-state index >= 15 is 0 Å². The minimum Gasteiger partial charge on any atom is -0.416 e. The summed E-state index contributed by atoms with van der Waals surface area (Å²) in [6, 6.07) is 0. The van der Waals surface area contributed by atoms with E-state index in [1.165, 1.54) is 49.7 Å². The lowest BCUT2D eigenvalue weighted by atomic mass is 9.95. The summed E-state index contributed by atoms with van der Waals surface area (Å²) in [5, 5.41) is 0. The van der Waals surface area contributed by atoms with Gasteiger partial charge in [0.05, 0.1) is 0 Å². The highest BCUT2D eigenvalue weighted by molar-refractivity contribution is 6.94. The maximum absolute atomic E-state index is 7.45. The van der Waals surface area contributed by atoms with Crippen molar-refractivity contribution >= 4 is 34.2 Å². The first-order valence-electron chi connectivity index (χ1n) is 12.0. The molecule has 5 rings (SSSR count). The van der Waals surface area contributed by atoms with Gasteiger partial charge in [0.25, 0.3) is 0 Å². The Morgan fingerprint density at radius 2 is 0.967 bits per heavy atom. The van der Waals surface area contributed by atoms with Gasteiger partial charge >= 0.3 is 34.2 Å². The Kier molecular flexibility index (Phi) is 5.02. The van der Waals surface area contributed by atoms with Crippen molar-refractivity contribution in [3.63, 3.8) is 0 Å². The molecule has 5 aliphatic rings. The van der Waals surface area contributed by atoms with Crippen LogP contribution in [0.4, 0.5) is 0 Å². The molecule has 4 aliphatic carbocycles. The highest BCUT2D eigenvalue weighted by atomic mass is 28.5. The number of fused-ring (bicyclic) bond motifs is 4. The molecular weight excluding hydrogens is 441 g/mol. The Labute approximate surface area is 187 Å². The van der Waals surface area contributed by atoms with Crippen LogP contribution in [0.1, 0.15) is 38.5 Å². The van der Waals surface area contributed by atoms with E-state index in [9.17, 15) is 0 Å². The summed E-state index contributed by atoms with van der Waals surface area (Å²) >= 11 is 0. The van der Waals surface area contributed by atoms with Gasteiger partial charge in [-0.25, -0.2) is 0 Å². The lowest BCUT2D eigenvalue weighted by molar-refractivity contribution is 0.207. The third kappa shape index (κ3) is 3.41. The average Bonchev–Trinajstić information content (AvgIpc) is 3.29. The van der Waals surface area contributed by atoms with E-state index in [2.05, 4.69) is 52.4 Å². The first-order chi connectivity index (χ1) is 13.8. The minimum absolute atomic E-state index is 0.381. The summed E-state index contributed by atoms with van der Waals surface area (Å²) < 4.78 is 28.4. The summed E-state index contributed by atoms with van der Waals surface area (Å²) in [7, 11) is -9.96. The topological polar surface area (TPSA) is 36.9 Å². The largest absolute Gasteiger partial charge is 0.416 e. The SMILES string of the molecule is C=C1C2CCC(C2)C1[Si]1(C2C(=C)C3CCC2C3)O[Si](C)(C)O[Si](C)(C)O[Si](C)(C)O1. The van der Waals surface area contributed by atoms with Crippen LogP contribution in [-0.2, 0) is 16.5 Å². The molecule has 0 aromatic heterocycles. The summed E-state index contributed by atoms with van der Waals surface area (Å²) in [4.78, 5) is 0. The number of rotatable bonds is 2. The summed E-state index contributed by atoms with van der Waals surface area (Å²) in [6.07, 6.45) is 7.77. The van der Waals surface area contributed by atoms with Gasteiger partial charge in [0.1, 0.15) is 0 Å². The van der Waals surface area contributed by atoms with Crippen LogP contribution in [0.15, 0.2) is 24.3 Å². The average molecular weight is 481 g/mol. The third-order valence-electron chi connectivity index (χ3n) is 8.40. The lowest BCUT2D eigenvalue weighted by Gasteiger charge is -2.55. The molecule has 4 nitrogen and oxygen atoms in total. The predicted molar refractivity (Wildman–Crippen MR) is 130 cm³/mol. The second-order valence-corrected chi connectivity index (χ2v) is 26.3. The Morgan fingerprint density at radius 1 is 0.600 bits per heavy atom. The van der Waals surface area contributed by atoms with Crippen molar-refractivity contribution in [1.82, 2.24) is 0 Å². The molecule has 0 aromatic carbocycles. The smallest absolute Gasteiger partial charge is 0.335 e. The van der Waals surface area contributed by atoms with Crippen LogP contribution < -0.4 is 0 Å². The fraction of sp³-hybridized carbons (Fsp3) is 0.818. The first kappa shape index (κ1) is 22.0. The molecule has 1 heterocycles. The molecule has 168 valence electrons. The molecule has 6 atom stereocenters. The predicted octanol–water partition coefficient (Wildman–Crippen LogP) is 6.33. The van der Waals surface area contributed by atoms with E-state index in [0.717, 1.165) is 0 Å². The molecule has 4 bridgehead atoms. The maximum Gasteiger partial charge on any atom is 0.335 e. The monoisotopic (exact) mass is 480 g/mol. The van der Waals surface area contributed by atoms with Gasteiger partial charge in [-0.15, -0.1) is 0 Å². The molecule has 0 aromatic rings. The Hall–Kier alpha value is 0.188. The highest BCUT2D eigenvalue weighted by Crippen LogP contribution is 2.68. The van der Waals surface area contributed by atoms with E-state index in [-0.39, 0.29) is 0 Å². The zero-order chi connectivity index (χ0) is 21.7. The molecule has 5 fully saturated rings.